The summed E-state index contributed by atoms with van der Waals surface area (Å²) in [5, 5.41) is 9.14. The molecule has 1 fully saturated rings. The number of esters is 1. The summed E-state index contributed by atoms with van der Waals surface area (Å²) >= 11 is 0. The molecule has 98 valence electrons. The van der Waals surface area contributed by atoms with Gasteiger partial charge in [0.1, 0.15) is 6.42 Å². The molecule has 0 spiro atoms. The Kier molecular flexibility index (Phi) is 5.58. The molecular formula is C12H21NO4. The van der Waals surface area contributed by atoms with E-state index in [9.17, 15) is 9.59 Å². The van der Waals surface area contributed by atoms with E-state index in [2.05, 4.69) is 0 Å². The average molecular weight is 243 g/mol. The maximum atomic E-state index is 11.5. The Morgan fingerprint density at radius 1 is 1.41 bits per heavy atom. The van der Waals surface area contributed by atoms with Gasteiger partial charge in [-0.2, -0.15) is 0 Å². The van der Waals surface area contributed by atoms with Gasteiger partial charge in [-0.3, -0.25) is 14.5 Å². The molecule has 0 aromatic rings. The first-order valence-corrected chi connectivity index (χ1v) is 6.05. The van der Waals surface area contributed by atoms with Crippen LogP contribution in [0.15, 0.2) is 0 Å². The second-order valence-electron chi connectivity index (χ2n) is 4.71. The fourth-order valence-electron chi connectivity index (χ4n) is 2.08. The van der Waals surface area contributed by atoms with Crippen molar-refractivity contribution in [1.82, 2.24) is 4.90 Å². The number of ketones is 1. The molecule has 5 heteroatoms. The highest BCUT2D eigenvalue weighted by molar-refractivity contribution is 5.96. The second kappa shape index (κ2) is 6.71. The van der Waals surface area contributed by atoms with Crippen LogP contribution < -0.4 is 0 Å². The summed E-state index contributed by atoms with van der Waals surface area (Å²) in [5.41, 5.74) is 0. The number of carbonyl (C=O) groups excluding carboxylic acids is 2. The van der Waals surface area contributed by atoms with Crippen molar-refractivity contribution in [3.8, 4) is 0 Å². The maximum absolute atomic E-state index is 11.5. The first kappa shape index (κ1) is 14.1. The number of hydrogen-bond donors (Lipinski definition) is 1. The van der Waals surface area contributed by atoms with Crippen LogP contribution in [0, 0.1) is 5.92 Å². The van der Waals surface area contributed by atoms with E-state index in [4.69, 9.17) is 9.84 Å². The third-order valence-electron chi connectivity index (χ3n) is 2.87. The maximum Gasteiger partial charge on any atom is 0.313 e. The predicted octanol–water partition coefficient (Wildman–Crippen LogP) is 0.211. The van der Waals surface area contributed by atoms with E-state index >= 15 is 0 Å². The molecular weight excluding hydrogens is 222 g/mol. The normalized spacial score (nSPS) is 23.3. The average Bonchev–Trinajstić information content (AvgIpc) is 2.14. The van der Waals surface area contributed by atoms with Gasteiger partial charge in [-0.1, -0.05) is 0 Å². The highest BCUT2D eigenvalue weighted by Gasteiger charge is 2.28. The number of carbonyl (C=O) groups is 2. The zero-order chi connectivity index (χ0) is 12.8. The molecule has 5 nitrogen and oxygen atoms in total. The summed E-state index contributed by atoms with van der Waals surface area (Å²) in [7, 11) is 1.85. The largest absolute Gasteiger partial charge is 0.466 e. The fourth-order valence-corrected chi connectivity index (χ4v) is 2.08. The first-order valence-electron chi connectivity index (χ1n) is 6.05. The van der Waals surface area contributed by atoms with Gasteiger partial charge in [0, 0.05) is 6.54 Å². The molecule has 1 aliphatic carbocycles. The Balaban J connectivity index is 2.14. The van der Waals surface area contributed by atoms with Crippen LogP contribution in [0.5, 0.6) is 0 Å². The van der Waals surface area contributed by atoms with Gasteiger partial charge in [0.05, 0.1) is 19.3 Å². The van der Waals surface area contributed by atoms with E-state index in [0.717, 1.165) is 19.4 Å². The number of Topliss-reactive ketones (excluding diaryl/α,β-unsaturated/α-hetero) is 1. The summed E-state index contributed by atoms with van der Waals surface area (Å²) < 4.78 is 4.71. The van der Waals surface area contributed by atoms with Gasteiger partial charge >= 0.3 is 5.97 Å². The zero-order valence-corrected chi connectivity index (χ0v) is 10.5. The molecule has 1 aliphatic rings. The molecule has 1 saturated carbocycles. The highest BCUT2D eigenvalue weighted by Crippen LogP contribution is 2.27. The number of aliphatic hydroxyl groups excluding tert-OH is 1. The molecule has 0 atom stereocenters. The molecule has 0 aliphatic heterocycles. The van der Waals surface area contributed by atoms with Crippen molar-refractivity contribution in [1.29, 1.82) is 0 Å². The lowest BCUT2D eigenvalue weighted by Gasteiger charge is -2.34. The third kappa shape index (κ3) is 5.28. The Morgan fingerprint density at radius 2 is 2.06 bits per heavy atom. The Morgan fingerprint density at radius 3 is 2.59 bits per heavy atom. The Hall–Kier alpha value is -0.940. The molecule has 0 radical (unpaired) electrons. The molecule has 17 heavy (non-hydrogen) atoms. The van der Waals surface area contributed by atoms with Crippen LogP contribution in [0.1, 0.15) is 26.2 Å². The van der Waals surface area contributed by atoms with Gasteiger partial charge < -0.3 is 9.84 Å². The van der Waals surface area contributed by atoms with Gasteiger partial charge in [0.25, 0.3) is 0 Å². The summed E-state index contributed by atoms with van der Waals surface area (Å²) in [6.07, 6.45) is 1.32. The molecule has 0 amide bonds. The van der Waals surface area contributed by atoms with Crippen molar-refractivity contribution in [2.24, 2.45) is 5.92 Å². The summed E-state index contributed by atoms with van der Waals surface area (Å²) in [6.45, 7) is 3.09. The smallest absolute Gasteiger partial charge is 0.313 e. The van der Waals surface area contributed by atoms with E-state index in [1.807, 2.05) is 11.9 Å². The number of likely N-dealkylation sites (N-methyl/N-ethyl adjacent to an activating group) is 1. The fraction of sp³-hybridized carbons (Fsp3) is 0.833. The summed E-state index contributed by atoms with van der Waals surface area (Å²) in [4.78, 5) is 24.5. The minimum absolute atomic E-state index is 0.120. The van der Waals surface area contributed by atoms with Crippen molar-refractivity contribution < 1.29 is 19.4 Å². The molecule has 0 bridgehead atoms. The first-order chi connectivity index (χ1) is 8.01. The lowest BCUT2D eigenvalue weighted by atomic mass is 9.82. The van der Waals surface area contributed by atoms with E-state index in [1.165, 1.54) is 0 Å². The molecule has 1 rings (SSSR count). The second-order valence-corrected chi connectivity index (χ2v) is 4.71. The minimum Gasteiger partial charge on any atom is -0.466 e. The monoisotopic (exact) mass is 243 g/mol. The zero-order valence-electron chi connectivity index (χ0n) is 10.5. The number of aliphatic hydroxyl groups is 1. The quantitative estimate of drug-likeness (QED) is 0.511. The Bertz CT molecular complexity index is 274. The van der Waals surface area contributed by atoms with Crippen molar-refractivity contribution in [2.75, 3.05) is 26.7 Å². The van der Waals surface area contributed by atoms with Crippen molar-refractivity contribution in [2.45, 2.75) is 32.3 Å². The van der Waals surface area contributed by atoms with E-state index in [-0.39, 0.29) is 24.9 Å². The Labute approximate surface area is 102 Å². The molecule has 0 unspecified atom stereocenters. The van der Waals surface area contributed by atoms with Gasteiger partial charge in [0.15, 0.2) is 5.78 Å². The van der Waals surface area contributed by atoms with Crippen LogP contribution in [-0.4, -0.2) is 54.6 Å². The van der Waals surface area contributed by atoms with E-state index in [0.29, 0.717) is 12.5 Å². The molecule has 0 heterocycles. The van der Waals surface area contributed by atoms with Gasteiger partial charge in [-0.15, -0.1) is 0 Å². The predicted molar refractivity (Wildman–Crippen MR) is 62.5 cm³/mol. The van der Waals surface area contributed by atoms with Crippen LogP contribution in [0.4, 0.5) is 0 Å². The van der Waals surface area contributed by atoms with Crippen LogP contribution >= 0.6 is 0 Å². The van der Waals surface area contributed by atoms with Crippen LogP contribution in [0.3, 0.4) is 0 Å². The third-order valence-corrected chi connectivity index (χ3v) is 2.87. The van der Waals surface area contributed by atoms with Crippen LogP contribution in [0.25, 0.3) is 0 Å². The van der Waals surface area contributed by atoms with E-state index < -0.39 is 5.97 Å². The number of hydrogen-bond acceptors (Lipinski definition) is 5. The van der Waals surface area contributed by atoms with Gasteiger partial charge in [-0.25, -0.2) is 0 Å². The molecule has 0 aromatic carbocycles. The molecule has 0 aromatic heterocycles. The van der Waals surface area contributed by atoms with E-state index in [1.54, 1.807) is 6.92 Å². The lowest BCUT2D eigenvalue weighted by molar-refractivity contribution is -0.145. The number of ether oxygens (including phenoxy) is 1. The number of nitrogens with zero attached hydrogens (tertiary/aromatic N) is 1. The topological polar surface area (TPSA) is 66.8 Å². The van der Waals surface area contributed by atoms with Crippen molar-refractivity contribution >= 4 is 11.8 Å². The summed E-state index contributed by atoms with van der Waals surface area (Å²) in [5.74, 6) is -0.0961. The molecule has 1 N–H and O–H groups in total. The lowest BCUT2D eigenvalue weighted by Crippen LogP contribution is -2.39. The van der Waals surface area contributed by atoms with Crippen molar-refractivity contribution in [3.05, 3.63) is 0 Å². The standard InChI is InChI=1S/C12H21NO4/c1-3-17-12(16)6-11(15)8-13(2)7-9-4-10(14)5-9/h9-10,14H,3-8H2,1-2H3. The summed E-state index contributed by atoms with van der Waals surface area (Å²) in [6, 6.07) is 0. The van der Waals surface area contributed by atoms with Crippen LogP contribution in [-0.2, 0) is 14.3 Å². The number of rotatable bonds is 7. The van der Waals surface area contributed by atoms with Crippen molar-refractivity contribution in [3.63, 3.8) is 0 Å². The molecule has 0 saturated heterocycles. The minimum atomic E-state index is -0.454. The SMILES string of the molecule is CCOC(=O)CC(=O)CN(C)CC1CC(O)C1. The highest BCUT2D eigenvalue weighted by atomic mass is 16.5. The van der Waals surface area contributed by atoms with Gasteiger partial charge in [0.2, 0.25) is 0 Å². The van der Waals surface area contributed by atoms with Gasteiger partial charge in [-0.05, 0) is 32.7 Å². The van der Waals surface area contributed by atoms with Crippen LogP contribution in [0.2, 0.25) is 0 Å².